The van der Waals surface area contributed by atoms with E-state index in [1.807, 2.05) is 0 Å². The van der Waals surface area contributed by atoms with Crippen LogP contribution in [0.3, 0.4) is 0 Å². The molecule has 5 nitrogen and oxygen atoms in total. The maximum Gasteiger partial charge on any atom is 0.242 e. The second-order valence-electron chi connectivity index (χ2n) is 6.20. The van der Waals surface area contributed by atoms with Crippen molar-refractivity contribution < 1.29 is 9.59 Å². The smallest absolute Gasteiger partial charge is 0.242 e. The van der Waals surface area contributed by atoms with Gasteiger partial charge in [0.05, 0.1) is 11.6 Å². The summed E-state index contributed by atoms with van der Waals surface area (Å²) >= 11 is 1.60. The molecule has 0 saturated carbocycles. The van der Waals surface area contributed by atoms with E-state index in [9.17, 15) is 9.59 Å². The van der Waals surface area contributed by atoms with Gasteiger partial charge < -0.3 is 9.80 Å². The Labute approximate surface area is 131 Å². The van der Waals surface area contributed by atoms with Crippen molar-refractivity contribution in [3.05, 3.63) is 0 Å². The Hall–Kier alpha value is -0.750. The number of amides is 2. The van der Waals surface area contributed by atoms with Crippen LogP contribution in [0.2, 0.25) is 0 Å². The molecule has 3 heterocycles. The predicted octanol–water partition coefficient (Wildman–Crippen LogP) is 0.995. The highest BCUT2D eigenvalue weighted by molar-refractivity contribution is 8.00. The molecule has 0 radical (unpaired) electrons. The molecule has 21 heavy (non-hydrogen) atoms. The largest absolute Gasteiger partial charge is 0.337 e. The Morgan fingerprint density at radius 3 is 2.71 bits per heavy atom. The Kier molecular flexibility index (Phi) is 4.74. The van der Waals surface area contributed by atoms with Gasteiger partial charge in [0.15, 0.2) is 0 Å². The van der Waals surface area contributed by atoms with Crippen molar-refractivity contribution in [1.82, 2.24) is 14.7 Å². The molecule has 0 spiro atoms. The zero-order valence-corrected chi connectivity index (χ0v) is 13.6. The molecule has 118 valence electrons. The van der Waals surface area contributed by atoms with Crippen LogP contribution in [0.5, 0.6) is 0 Å². The van der Waals surface area contributed by atoms with Gasteiger partial charge >= 0.3 is 0 Å². The molecule has 3 fully saturated rings. The van der Waals surface area contributed by atoms with Crippen LogP contribution in [0.4, 0.5) is 0 Å². The van der Waals surface area contributed by atoms with Crippen LogP contribution < -0.4 is 0 Å². The molecule has 3 aliphatic rings. The molecule has 6 heteroatoms. The van der Waals surface area contributed by atoms with E-state index in [1.165, 1.54) is 19.4 Å². The first-order chi connectivity index (χ1) is 10.2. The zero-order chi connectivity index (χ0) is 14.8. The molecule has 0 aromatic heterocycles. The molecule has 0 aliphatic carbocycles. The lowest BCUT2D eigenvalue weighted by Crippen LogP contribution is -2.50. The second kappa shape index (κ2) is 6.57. The number of rotatable bonds is 4. The first kappa shape index (κ1) is 15.2. The molecular formula is C15H25N3O2S. The van der Waals surface area contributed by atoms with Crippen LogP contribution in [-0.4, -0.2) is 76.4 Å². The van der Waals surface area contributed by atoms with E-state index in [2.05, 4.69) is 16.7 Å². The van der Waals surface area contributed by atoms with Crippen molar-refractivity contribution >= 4 is 23.6 Å². The first-order valence-electron chi connectivity index (χ1n) is 8.09. The standard InChI is InChI=1S/C15H25N3O2S/c1-2-16-7-3-5-12(16)13-6-4-8-18(13)14(19)9-17-11-21-10-15(17)20/h12-13H,2-11H2,1H3. The topological polar surface area (TPSA) is 43.9 Å². The molecule has 2 unspecified atom stereocenters. The number of hydrogen-bond acceptors (Lipinski definition) is 4. The molecule has 2 amide bonds. The molecule has 0 bridgehead atoms. The minimum atomic E-state index is 0.111. The van der Waals surface area contributed by atoms with Crippen LogP contribution in [0.25, 0.3) is 0 Å². The third-order valence-corrected chi connectivity index (χ3v) is 5.98. The van der Waals surface area contributed by atoms with Crippen LogP contribution in [0.1, 0.15) is 32.6 Å². The predicted molar refractivity (Wildman–Crippen MR) is 84.0 cm³/mol. The summed E-state index contributed by atoms with van der Waals surface area (Å²) in [4.78, 5) is 30.6. The van der Waals surface area contributed by atoms with Crippen molar-refractivity contribution in [3.8, 4) is 0 Å². The molecule has 0 N–H and O–H groups in total. The van der Waals surface area contributed by atoms with Crippen molar-refractivity contribution in [2.45, 2.75) is 44.7 Å². The fraction of sp³-hybridized carbons (Fsp3) is 0.867. The molecule has 0 aromatic rings. The molecule has 3 aliphatic heterocycles. The van der Waals surface area contributed by atoms with Crippen molar-refractivity contribution in [2.75, 3.05) is 37.8 Å². The minimum absolute atomic E-state index is 0.111. The van der Waals surface area contributed by atoms with Crippen molar-refractivity contribution in [3.63, 3.8) is 0 Å². The van der Waals surface area contributed by atoms with Gasteiger partial charge in [0.1, 0.15) is 6.54 Å². The quantitative estimate of drug-likeness (QED) is 0.777. The van der Waals surface area contributed by atoms with Crippen LogP contribution in [0, 0.1) is 0 Å². The summed E-state index contributed by atoms with van der Waals surface area (Å²) in [5.41, 5.74) is 0. The zero-order valence-electron chi connectivity index (χ0n) is 12.8. The number of carbonyl (C=O) groups is 2. The number of carbonyl (C=O) groups excluding carboxylic acids is 2. The highest BCUT2D eigenvalue weighted by atomic mass is 32.2. The molecule has 2 atom stereocenters. The van der Waals surface area contributed by atoms with Gasteiger partial charge in [-0.15, -0.1) is 11.8 Å². The number of likely N-dealkylation sites (N-methyl/N-ethyl adjacent to an activating group) is 1. The van der Waals surface area contributed by atoms with E-state index < -0.39 is 0 Å². The molecule has 0 aromatic carbocycles. The van der Waals surface area contributed by atoms with E-state index in [-0.39, 0.29) is 18.4 Å². The van der Waals surface area contributed by atoms with Gasteiger partial charge in [-0.25, -0.2) is 0 Å². The summed E-state index contributed by atoms with van der Waals surface area (Å²) in [6.45, 7) is 5.60. The van der Waals surface area contributed by atoms with Gasteiger partial charge in [-0.05, 0) is 38.8 Å². The Morgan fingerprint density at radius 1 is 1.24 bits per heavy atom. The van der Waals surface area contributed by atoms with Crippen LogP contribution in [0.15, 0.2) is 0 Å². The van der Waals surface area contributed by atoms with Crippen LogP contribution >= 0.6 is 11.8 Å². The minimum Gasteiger partial charge on any atom is -0.337 e. The lowest BCUT2D eigenvalue weighted by atomic mass is 10.0. The number of thioether (sulfide) groups is 1. The summed E-state index contributed by atoms with van der Waals surface area (Å²) in [6.07, 6.45) is 4.68. The highest BCUT2D eigenvalue weighted by Gasteiger charge is 2.39. The lowest BCUT2D eigenvalue weighted by Gasteiger charge is -2.35. The SMILES string of the molecule is CCN1CCCC1C1CCCN1C(=O)CN1CSCC1=O. The normalized spacial score (nSPS) is 30.6. The van der Waals surface area contributed by atoms with Gasteiger partial charge in [-0.3, -0.25) is 14.5 Å². The van der Waals surface area contributed by atoms with E-state index in [4.69, 9.17) is 0 Å². The lowest BCUT2D eigenvalue weighted by molar-refractivity contribution is -0.139. The molecule has 3 rings (SSSR count). The summed E-state index contributed by atoms with van der Waals surface area (Å²) in [7, 11) is 0. The summed E-state index contributed by atoms with van der Waals surface area (Å²) in [6, 6.07) is 0.899. The third-order valence-electron chi connectivity index (χ3n) is 5.04. The van der Waals surface area contributed by atoms with Crippen molar-refractivity contribution in [2.24, 2.45) is 0 Å². The summed E-state index contributed by atoms with van der Waals surface area (Å²) in [5.74, 6) is 1.47. The van der Waals surface area contributed by atoms with Gasteiger partial charge in [0.2, 0.25) is 11.8 Å². The van der Waals surface area contributed by atoms with Gasteiger partial charge in [-0.1, -0.05) is 6.92 Å². The van der Waals surface area contributed by atoms with E-state index >= 15 is 0 Å². The maximum absolute atomic E-state index is 12.6. The average Bonchev–Trinajstić information content (AvgIpc) is 3.18. The fourth-order valence-electron chi connectivity index (χ4n) is 3.98. The molecule has 3 saturated heterocycles. The van der Waals surface area contributed by atoms with Gasteiger partial charge in [0.25, 0.3) is 0 Å². The Bertz CT molecular complexity index is 418. The number of hydrogen-bond donors (Lipinski definition) is 0. The maximum atomic E-state index is 12.6. The Morgan fingerprint density at radius 2 is 2.00 bits per heavy atom. The third kappa shape index (κ3) is 3.06. The monoisotopic (exact) mass is 311 g/mol. The number of nitrogens with zero attached hydrogens (tertiary/aromatic N) is 3. The fourth-order valence-corrected chi connectivity index (χ4v) is 4.88. The average molecular weight is 311 g/mol. The second-order valence-corrected chi connectivity index (χ2v) is 7.16. The number of likely N-dealkylation sites (tertiary alicyclic amines) is 2. The Balaban J connectivity index is 1.63. The van der Waals surface area contributed by atoms with Crippen LogP contribution in [-0.2, 0) is 9.59 Å². The van der Waals surface area contributed by atoms with Gasteiger partial charge in [-0.2, -0.15) is 0 Å². The van der Waals surface area contributed by atoms with Gasteiger partial charge in [0, 0.05) is 18.6 Å². The summed E-state index contributed by atoms with van der Waals surface area (Å²) < 4.78 is 0. The highest BCUT2D eigenvalue weighted by Crippen LogP contribution is 2.30. The van der Waals surface area contributed by atoms with E-state index in [1.54, 1.807) is 16.7 Å². The van der Waals surface area contributed by atoms with Crippen molar-refractivity contribution in [1.29, 1.82) is 0 Å². The summed E-state index contributed by atoms with van der Waals surface area (Å²) in [5, 5.41) is 0. The van der Waals surface area contributed by atoms with E-state index in [0.717, 1.165) is 25.9 Å². The molecular weight excluding hydrogens is 286 g/mol. The van der Waals surface area contributed by atoms with E-state index in [0.29, 0.717) is 23.7 Å². The first-order valence-corrected chi connectivity index (χ1v) is 9.25.